The number of nitrogens with zero attached hydrogens (tertiary/aromatic N) is 2. The Kier molecular flexibility index (Phi) is 4.78. The molecule has 128 valence electrons. The first-order valence-electron chi connectivity index (χ1n) is 6.80. The van der Waals surface area contributed by atoms with Gasteiger partial charge in [0.05, 0.1) is 13.2 Å². The number of hydrogen-bond acceptors (Lipinski definition) is 6. The molecule has 0 spiro atoms. The second-order valence-corrected chi connectivity index (χ2v) is 7.37. The van der Waals surface area contributed by atoms with Crippen LogP contribution in [0.15, 0.2) is 15.4 Å². The van der Waals surface area contributed by atoms with Crippen LogP contribution in [0.3, 0.4) is 0 Å². The van der Waals surface area contributed by atoms with Crippen LogP contribution in [-0.2, 0) is 19.6 Å². The van der Waals surface area contributed by atoms with Crippen LogP contribution < -0.4 is 0 Å². The van der Waals surface area contributed by atoms with E-state index in [1.807, 2.05) is 0 Å². The van der Waals surface area contributed by atoms with Gasteiger partial charge in [-0.15, -0.1) is 0 Å². The quantitative estimate of drug-likeness (QED) is 0.800. The van der Waals surface area contributed by atoms with Gasteiger partial charge in [0.1, 0.15) is 10.7 Å². The number of aliphatic carboxylic acids is 1. The van der Waals surface area contributed by atoms with Gasteiger partial charge in [-0.25, -0.2) is 17.5 Å². The topological polar surface area (TPSA) is 117 Å². The molecule has 1 aromatic rings. The number of carboxylic acid groups (broad SMARTS) is 1. The monoisotopic (exact) mass is 346 g/mol. The van der Waals surface area contributed by atoms with Crippen LogP contribution in [0, 0.1) is 6.92 Å². The van der Waals surface area contributed by atoms with Gasteiger partial charge < -0.3 is 19.2 Å². The standard InChI is InChI=1S/C13H18N2O7S/c1-8-11(23(19,20)14(2)3)6-10(22-8)12(16)15-4-5-21-7-9(15)13(17)18/h6,9H,4-5,7H2,1-3H3,(H,17,18). The predicted octanol–water partition coefficient (Wildman–Crippen LogP) is -0.236. The maximum atomic E-state index is 12.5. The van der Waals surface area contributed by atoms with Crippen LogP contribution in [0.5, 0.6) is 0 Å². The summed E-state index contributed by atoms with van der Waals surface area (Å²) in [6, 6.07) is -0.00275. The van der Waals surface area contributed by atoms with Crippen molar-refractivity contribution >= 4 is 21.9 Å². The number of sulfonamides is 1. The van der Waals surface area contributed by atoms with E-state index in [1.54, 1.807) is 0 Å². The van der Waals surface area contributed by atoms with E-state index >= 15 is 0 Å². The Hall–Kier alpha value is -1.91. The van der Waals surface area contributed by atoms with E-state index in [2.05, 4.69) is 0 Å². The second-order valence-electron chi connectivity index (χ2n) is 5.25. The Balaban J connectivity index is 2.36. The van der Waals surface area contributed by atoms with Crippen molar-refractivity contribution in [2.24, 2.45) is 0 Å². The number of aryl methyl sites for hydroxylation is 1. The zero-order chi connectivity index (χ0) is 17.4. The highest BCUT2D eigenvalue weighted by Crippen LogP contribution is 2.24. The minimum atomic E-state index is -3.75. The average Bonchev–Trinajstić information content (AvgIpc) is 2.88. The summed E-state index contributed by atoms with van der Waals surface area (Å²) in [5, 5.41) is 9.16. The molecule has 0 radical (unpaired) electrons. The van der Waals surface area contributed by atoms with E-state index < -0.39 is 27.9 Å². The van der Waals surface area contributed by atoms with Crippen LogP contribution in [-0.4, -0.2) is 74.5 Å². The lowest BCUT2D eigenvalue weighted by atomic mass is 10.2. The molecule has 1 aromatic heterocycles. The molecular formula is C13H18N2O7S. The van der Waals surface area contributed by atoms with Gasteiger partial charge in [-0.2, -0.15) is 0 Å². The molecule has 2 rings (SSSR count). The van der Waals surface area contributed by atoms with Gasteiger partial charge in [-0.3, -0.25) is 4.79 Å². The van der Waals surface area contributed by atoms with E-state index in [0.717, 1.165) is 15.3 Å². The minimum Gasteiger partial charge on any atom is -0.480 e. The Labute approximate surface area is 133 Å². The van der Waals surface area contributed by atoms with Gasteiger partial charge in [0.25, 0.3) is 5.91 Å². The lowest BCUT2D eigenvalue weighted by molar-refractivity contribution is -0.147. The first-order chi connectivity index (χ1) is 10.7. The number of carbonyl (C=O) groups is 2. The molecule has 1 saturated heterocycles. The predicted molar refractivity (Wildman–Crippen MR) is 77.6 cm³/mol. The van der Waals surface area contributed by atoms with E-state index in [-0.39, 0.29) is 36.2 Å². The van der Waals surface area contributed by atoms with Crippen molar-refractivity contribution < 1.29 is 32.3 Å². The third-order valence-corrected chi connectivity index (χ3v) is 5.44. The van der Waals surface area contributed by atoms with Crippen LogP contribution in [0.2, 0.25) is 0 Å². The molecule has 0 saturated carbocycles. The molecule has 1 aliphatic heterocycles. The molecule has 1 atom stereocenters. The third kappa shape index (κ3) is 3.23. The molecule has 9 nitrogen and oxygen atoms in total. The summed E-state index contributed by atoms with van der Waals surface area (Å²) >= 11 is 0. The van der Waals surface area contributed by atoms with Gasteiger partial charge in [0, 0.05) is 26.7 Å². The first kappa shape index (κ1) is 17.4. The minimum absolute atomic E-state index is 0.0715. The average molecular weight is 346 g/mol. The van der Waals surface area contributed by atoms with Crippen LogP contribution in [0.25, 0.3) is 0 Å². The molecule has 0 bridgehead atoms. The van der Waals surface area contributed by atoms with E-state index in [9.17, 15) is 18.0 Å². The molecule has 2 heterocycles. The van der Waals surface area contributed by atoms with Crippen molar-refractivity contribution in [3.8, 4) is 0 Å². The van der Waals surface area contributed by atoms with E-state index in [1.165, 1.54) is 21.0 Å². The molecule has 23 heavy (non-hydrogen) atoms. The molecule has 1 aliphatic rings. The van der Waals surface area contributed by atoms with Gasteiger partial charge in [0.15, 0.2) is 11.8 Å². The number of morpholine rings is 1. The van der Waals surface area contributed by atoms with Gasteiger partial charge >= 0.3 is 5.97 Å². The summed E-state index contributed by atoms with van der Waals surface area (Å²) in [6.45, 7) is 1.61. The van der Waals surface area contributed by atoms with Crippen molar-refractivity contribution in [3.05, 3.63) is 17.6 Å². The molecule has 0 aliphatic carbocycles. The largest absolute Gasteiger partial charge is 0.480 e. The van der Waals surface area contributed by atoms with Crippen molar-refractivity contribution in [3.63, 3.8) is 0 Å². The maximum absolute atomic E-state index is 12.5. The summed E-state index contributed by atoms with van der Waals surface area (Å²) in [5.41, 5.74) is 0. The SMILES string of the molecule is Cc1oc(C(=O)N2CCOCC2C(=O)O)cc1S(=O)(=O)N(C)C. The summed E-state index contributed by atoms with van der Waals surface area (Å²) in [4.78, 5) is 24.7. The lowest BCUT2D eigenvalue weighted by Crippen LogP contribution is -2.52. The van der Waals surface area contributed by atoms with Crippen LogP contribution >= 0.6 is 0 Å². The number of furan rings is 1. The Morgan fingerprint density at radius 3 is 2.61 bits per heavy atom. The molecule has 1 amide bonds. The van der Waals surface area contributed by atoms with Crippen molar-refractivity contribution in [1.29, 1.82) is 0 Å². The number of carbonyl (C=O) groups excluding carboxylic acids is 1. The van der Waals surface area contributed by atoms with Crippen molar-refractivity contribution in [2.45, 2.75) is 17.9 Å². The molecule has 1 fully saturated rings. The van der Waals surface area contributed by atoms with Gasteiger partial charge in [-0.1, -0.05) is 0 Å². The number of ether oxygens (including phenoxy) is 1. The Morgan fingerprint density at radius 2 is 2.04 bits per heavy atom. The third-order valence-electron chi connectivity index (χ3n) is 3.52. The normalized spacial score (nSPS) is 19.1. The summed E-state index contributed by atoms with van der Waals surface area (Å²) in [6.07, 6.45) is 0. The second kappa shape index (κ2) is 6.30. The molecule has 0 aromatic carbocycles. The van der Waals surface area contributed by atoms with Gasteiger partial charge in [-0.05, 0) is 6.92 Å². The smallest absolute Gasteiger partial charge is 0.328 e. The molecule has 1 unspecified atom stereocenters. The highest BCUT2D eigenvalue weighted by atomic mass is 32.2. The first-order valence-corrected chi connectivity index (χ1v) is 8.24. The van der Waals surface area contributed by atoms with Crippen LogP contribution in [0.4, 0.5) is 0 Å². The van der Waals surface area contributed by atoms with E-state index in [4.69, 9.17) is 14.3 Å². The fourth-order valence-electron chi connectivity index (χ4n) is 2.22. The summed E-state index contributed by atoms with van der Waals surface area (Å²) in [5.74, 6) is -2.01. The fourth-order valence-corrected chi connectivity index (χ4v) is 3.27. The number of rotatable bonds is 4. The zero-order valence-electron chi connectivity index (χ0n) is 13.0. The Morgan fingerprint density at radius 1 is 1.39 bits per heavy atom. The number of hydrogen-bond donors (Lipinski definition) is 1. The highest BCUT2D eigenvalue weighted by Gasteiger charge is 2.36. The molecule has 1 N–H and O–H groups in total. The summed E-state index contributed by atoms with van der Waals surface area (Å²) < 4.78 is 35.7. The van der Waals surface area contributed by atoms with Crippen molar-refractivity contribution in [1.82, 2.24) is 9.21 Å². The van der Waals surface area contributed by atoms with Crippen LogP contribution in [0.1, 0.15) is 16.3 Å². The Bertz CT molecular complexity index is 723. The maximum Gasteiger partial charge on any atom is 0.328 e. The van der Waals surface area contributed by atoms with Crippen molar-refractivity contribution in [2.75, 3.05) is 33.9 Å². The highest BCUT2D eigenvalue weighted by molar-refractivity contribution is 7.89. The van der Waals surface area contributed by atoms with E-state index in [0.29, 0.717) is 0 Å². The molecular weight excluding hydrogens is 328 g/mol. The molecule has 10 heteroatoms. The zero-order valence-corrected chi connectivity index (χ0v) is 13.8. The summed E-state index contributed by atoms with van der Waals surface area (Å²) in [7, 11) is -1.02. The lowest BCUT2D eigenvalue weighted by Gasteiger charge is -2.32. The number of amides is 1. The number of carboxylic acids is 1. The fraction of sp³-hybridized carbons (Fsp3) is 0.538. The van der Waals surface area contributed by atoms with Gasteiger partial charge in [0.2, 0.25) is 10.0 Å².